The average molecular weight is 232 g/mol. The first-order chi connectivity index (χ1) is 8.14. The molecule has 0 aliphatic heterocycles. The van der Waals surface area contributed by atoms with Crippen molar-refractivity contribution in [2.75, 3.05) is 13.7 Å². The van der Waals surface area contributed by atoms with Crippen molar-refractivity contribution in [1.29, 1.82) is 0 Å². The third kappa shape index (κ3) is 1.37. The summed E-state index contributed by atoms with van der Waals surface area (Å²) in [6.07, 6.45) is 3.77. The van der Waals surface area contributed by atoms with E-state index in [0.29, 0.717) is 23.4 Å². The quantitative estimate of drug-likeness (QED) is 0.865. The number of benzene rings is 1. The highest BCUT2D eigenvalue weighted by Gasteiger charge is 2.69. The van der Waals surface area contributed by atoms with Crippen molar-refractivity contribution >= 4 is 0 Å². The summed E-state index contributed by atoms with van der Waals surface area (Å²) >= 11 is 0. The second kappa shape index (κ2) is 3.49. The lowest BCUT2D eigenvalue weighted by Gasteiger charge is -2.73. The van der Waals surface area contributed by atoms with Gasteiger partial charge in [-0.05, 0) is 53.7 Å². The average Bonchev–Trinajstić information content (AvgIpc) is 2.26. The number of aliphatic hydroxyl groups is 1. The molecule has 2 bridgehead atoms. The van der Waals surface area contributed by atoms with Crippen molar-refractivity contribution in [3.8, 4) is 5.75 Å². The van der Waals surface area contributed by atoms with Gasteiger partial charge in [-0.2, -0.15) is 0 Å². The number of methoxy groups -OCH3 is 1. The van der Waals surface area contributed by atoms with Crippen molar-refractivity contribution in [2.24, 2.45) is 11.3 Å². The largest absolute Gasteiger partial charge is 0.497 e. The fourth-order valence-corrected chi connectivity index (χ4v) is 3.83. The van der Waals surface area contributed by atoms with E-state index in [1.54, 1.807) is 7.11 Å². The van der Waals surface area contributed by atoms with Gasteiger partial charge >= 0.3 is 0 Å². The molecule has 4 rings (SSSR count). The molecule has 0 spiro atoms. The molecule has 3 aliphatic rings. The SMILES string of the molecule is COc1ccc(C23CC(C(C)CO)(C2)C3)cc1. The Hall–Kier alpha value is -1.02. The molecule has 1 N–H and O–H groups in total. The predicted molar refractivity (Wildman–Crippen MR) is 67.2 cm³/mol. The molecule has 0 radical (unpaired) electrons. The van der Waals surface area contributed by atoms with Gasteiger partial charge in [-0.3, -0.25) is 0 Å². The Morgan fingerprint density at radius 3 is 2.29 bits per heavy atom. The molecule has 0 amide bonds. The Kier molecular flexibility index (Phi) is 2.27. The molecule has 2 nitrogen and oxygen atoms in total. The predicted octanol–water partition coefficient (Wildman–Crippen LogP) is 2.75. The molecule has 0 heterocycles. The zero-order valence-corrected chi connectivity index (χ0v) is 10.6. The molecule has 3 fully saturated rings. The third-order valence-corrected chi connectivity index (χ3v) is 5.09. The van der Waals surface area contributed by atoms with Crippen LogP contribution in [0.25, 0.3) is 0 Å². The van der Waals surface area contributed by atoms with Crippen LogP contribution in [0.5, 0.6) is 5.75 Å². The number of hydrogen-bond donors (Lipinski definition) is 1. The summed E-state index contributed by atoms with van der Waals surface area (Å²) in [5, 5.41) is 9.27. The number of rotatable bonds is 4. The van der Waals surface area contributed by atoms with Gasteiger partial charge in [0.2, 0.25) is 0 Å². The standard InChI is InChI=1S/C15H20O2/c1-11(7-16)14-8-15(9-14,10-14)12-3-5-13(17-2)6-4-12/h3-6,11,16H,7-10H2,1-2H3. The molecular formula is C15H20O2. The minimum atomic E-state index is 0.332. The van der Waals surface area contributed by atoms with E-state index in [4.69, 9.17) is 4.74 Å². The van der Waals surface area contributed by atoms with Gasteiger partial charge in [0.05, 0.1) is 7.11 Å². The van der Waals surface area contributed by atoms with Crippen LogP contribution in [0.1, 0.15) is 31.7 Å². The summed E-state index contributed by atoms with van der Waals surface area (Å²) in [6.45, 7) is 2.51. The number of aliphatic hydroxyl groups excluding tert-OH is 1. The molecule has 0 aromatic heterocycles. The summed E-state index contributed by atoms with van der Waals surface area (Å²) in [5.74, 6) is 1.39. The highest BCUT2D eigenvalue weighted by Crippen LogP contribution is 2.76. The van der Waals surface area contributed by atoms with Crippen LogP contribution in [0.4, 0.5) is 0 Å². The minimum Gasteiger partial charge on any atom is -0.497 e. The Morgan fingerprint density at radius 1 is 1.24 bits per heavy atom. The van der Waals surface area contributed by atoms with E-state index in [0.717, 1.165) is 5.75 Å². The number of ether oxygens (including phenoxy) is 1. The Morgan fingerprint density at radius 2 is 1.82 bits per heavy atom. The molecule has 1 aromatic carbocycles. The first kappa shape index (κ1) is 11.1. The molecule has 92 valence electrons. The van der Waals surface area contributed by atoms with Crippen LogP contribution in [0.2, 0.25) is 0 Å². The van der Waals surface area contributed by atoms with Gasteiger partial charge in [-0.15, -0.1) is 0 Å². The van der Waals surface area contributed by atoms with Gasteiger partial charge in [0.15, 0.2) is 0 Å². The van der Waals surface area contributed by atoms with Crippen molar-refractivity contribution in [1.82, 2.24) is 0 Å². The summed E-state index contributed by atoms with van der Waals surface area (Å²) in [6, 6.07) is 8.51. The van der Waals surface area contributed by atoms with E-state index in [1.165, 1.54) is 24.8 Å². The molecule has 2 heteroatoms. The summed E-state index contributed by atoms with van der Waals surface area (Å²) < 4.78 is 5.19. The van der Waals surface area contributed by atoms with Crippen LogP contribution in [-0.4, -0.2) is 18.8 Å². The smallest absolute Gasteiger partial charge is 0.118 e. The summed E-state index contributed by atoms with van der Waals surface area (Å²) in [4.78, 5) is 0. The minimum absolute atomic E-state index is 0.332. The maximum absolute atomic E-state index is 9.27. The molecule has 3 saturated carbocycles. The molecule has 1 aromatic rings. The van der Waals surface area contributed by atoms with Gasteiger partial charge in [-0.25, -0.2) is 0 Å². The van der Waals surface area contributed by atoms with Gasteiger partial charge in [-0.1, -0.05) is 19.1 Å². The molecule has 1 unspecified atom stereocenters. The molecular weight excluding hydrogens is 212 g/mol. The van der Waals surface area contributed by atoms with E-state index >= 15 is 0 Å². The van der Waals surface area contributed by atoms with Crippen LogP contribution in [0, 0.1) is 11.3 Å². The maximum Gasteiger partial charge on any atom is 0.118 e. The summed E-state index contributed by atoms with van der Waals surface area (Å²) in [5.41, 5.74) is 2.33. The number of hydrogen-bond acceptors (Lipinski definition) is 2. The van der Waals surface area contributed by atoms with Crippen molar-refractivity contribution in [3.05, 3.63) is 29.8 Å². The molecule has 17 heavy (non-hydrogen) atoms. The maximum atomic E-state index is 9.27. The Balaban J connectivity index is 1.73. The highest BCUT2D eigenvalue weighted by molar-refractivity contribution is 5.41. The van der Waals surface area contributed by atoms with Crippen LogP contribution in [-0.2, 0) is 5.41 Å². The fourth-order valence-electron chi connectivity index (χ4n) is 3.83. The zero-order chi connectivity index (χ0) is 12.1. The van der Waals surface area contributed by atoms with Crippen molar-refractivity contribution in [2.45, 2.75) is 31.6 Å². The Labute approximate surface area is 103 Å². The first-order valence-electron chi connectivity index (χ1n) is 6.40. The summed E-state index contributed by atoms with van der Waals surface area (Å²) in [7, 11) is 1.70. The van der Waals surface area contributed by atoms with Gasteiger partial charge < -0.3 is 9.84 Å². The normalized spacial score (nSPS) is 35.7. The molecule has 0 saturated heterocycles. The van der Waals surface area contributed by atoms with E-state index in [9.17, 15) is 5.11 Å². The van der Waals surface area contributed by atoms with Gasteiger partial charge in [0.25, 0.3) is 0 Å². The monoisotopic (exact) mass is 232 g/mol. The van der Waals surface area contributed by atoms with E-state index in [2.05, 4.69) is 31.2 Å². The highest BCUT2D eigenvalue weighted by atomic mass is 16.5. The molecule has 1 atom stereocenters. The van der Waals surface area contributed by atoms with Crippen LogP contribution in [0.3, 0.4) is 0 Å². The third-order valence-electron chi connectivity index (χ3n) is 5.09. The van der Waals surface area contributed by atoms with Gasteiger partial charge in [0.1, 0.15) is 5.75 Å². The topological polar surface area (TPSA) is 29.5 Å². The Bertz CT molecular complexity index is 401. The second-order valence-corrected chi connectivity index (χ2v) is 5.99. The van der Waals surface area contributed by atoms with Crippen LogP contribution >= 0.6 is 0 Å². The van der Waals surface area contributed by atoms with Gasteiger partial charge in [0, 0.05) is 6.61 Å². The van der Waals surface area contributed by atoms with Crippen LogP contribution in [0.15, 0.2) is 24.3 Å². The zero-order valence-electron chi connectivity index (χ0n) is 10.6. The van der Waals surface area contributed by atoms with E-state index in [-0.39, 0.29) is 0 Å². The lowest BCUT2D eigenvalue weighted by atomic mass is 9.31. The van der Waals surface area contributed by atoms with E-state index < -0.39 is 0 Å². The lowest BCUT2D eigenvalue weighted by molar-refractivity contribution is -0.184. The first-order valence-corrected chi connectivity index (χ1v) is 6.40. The molecule has 3 aliphatic carbocycles. The van der Waals surface area contributed by atoms with E-state index in [1.807, 2.05) is 0 Å². The fraction of sp³-hybridized carbons (Fsp3) is 0.600. The second-order valence-electron chi connectivity index (χ2n) is 5.99. The van der Waals surface area contributed by atoms with Crippen molar-refractivity contribution in [3.63, 3.8) is 0 Å². The lowest BCUT2D eigenvalue weighted by Crippen LogP contribution is -2.67. The van der Waals surface area contributed by atoms with Crippen molar-refractivity contribution < 1.29 is 9.84 Å². The van der Waals surface area contributed by atoms with Crippen LogP contribution < -0.4 is 4.74 Å².